The molecule has 5 nitrogen and oxygen atoms in total. The summed E-state index contributed by atoms with van der Waals surface area (Å²) in [7, 11) is 1.57. The van der Waals surface area contributed by atoms with Gasteiger partial charge in [-0.25, -0.2) is 0 Å². The Hall–Kier alpha value is -0.980. The zero-order valence-electron chi connectivity index (χ0n) is 10.8. The van der Waals surface area contributed by atoms with Crippen LogP contribution in [0.3, 0.4) is 0 Å². The molecule has 3 rings (SSSR count). The highest BCUT2D eigenvalue weighted by atomic mass is 16.8. The van der Waals surface area contributed by atoms with E-state index in [1.165, 1.54) is 0 Å². The Bertz CT molecular complexity index is 410. The number of hydrogen-bond donors (Lipinski definition) is 1. The number of rotatable bonds is 4. The standard InChI is InChI=1S/C14H18O5/c1-16-12-11(15)10-8-18-14(19-10)13(12)17-7-9-5-3-2-4-6-9/h2-6,10-15H,7-8H2,1H3/t10?,11-,12?,13-,14+/m0/s1. The molecule has 2 aliphatic rings. The van der Waals surface area contributed by atoms with E-state index in [0.717, 1.165) is 5.56 Å². The molecule has 5 atom stereocenters. The molecule has 2 bridgehead atoms. The topological polar surface area (TPSA) is 57.2 Å². The van der Waals surface area contributed by atoms with Gasteiger partial charge in [0.05, 0.1) is 13.2 Å². The van der Waals surface area contributed by atoms with E-state index in [0.29, 0.717) is 13.2 Å². The summed E-state index contributed by atoms with van der Waals surface area (Å²) < 4.78 is 22.2. The van der Waals surface area contributed by atoms with Gasteiger partial charge in [0.15, 0.2) is 6.29 Å². The Morgan fingerprint density at radius 3 is 2.79 bits per heavy atom. The van der Waals surface area contributed by atoms with Crippen LogP contribution in [0.25, 0.3) is 0 Å². The minimum atomic E-state index is -0.718. The van der Waals surface area contributed by atoms with Crippen LogP contribution in [0.2, 0.25) is 0 Å². The van der Waals surface area contributed by atoms with Gasteiger partial charge in [-0.15, -0.1) is 0 Å². The molecule has 0 spiro atoms. The van der Waals surface area contributed by atoms with Gasteiger partial charge >= 0.3 is 0 Å². The van der Waals surface area contributed by atoms with Gasteiger partial charge in [-0.1, -0.05) is 30.3 Å². The van der Waals surface area contributed by atoms with Crippen molar-refractivity contribution in [2.75, 3.05) is 13.7 Å². The quantitative estimate of drug-likeness (QED) is 0.869. The smallest absolute Gasteiger partial charge is 0.187 e. The number of benzene rings is 1. The Balaban J connectivity index is 1.68. The third kappa shape index (κ3) is 2.52. The molecule has 0 saturated carbocycles. The predicted molar refractivity (Wildman–Crippen MR) is 66.4 cm³/mol. The van der Waals surface area contributed by atoms with Crippen molar-refractivity contribution in [3.63, 3.8) is 0 Å². The maximum Gasteiger partial charge on any atom is 0.187 e. The van der Waals surface area contributed by atoms with Gasteiger partial charge in [0.25, 0.3) is 0 Å². The van der Waals surface area contributed by atoms with Crippen LogP contribution in [0.15, 0.2) is 30.3 Å². The Morgan fingerprint density at radius 1 is 1.26 bits per heavy atom. The summed E-state index contributed by atoms with van der Waals surface area (Å²) in [4.78, 5) is 0. The largest absolute Gasteiger partial charge is 0.387 e. The van der Waals surface area contributed by atoms with Crippen molar-refractivity contribution in [3.05, 3.63) is 35.9 Å². The van der Waals surface area contributed by atoms with E-state index >= 15 is 0 Å². The molecule has 2 fully saturated rings. The van der Waals surface area contributed by atoms with Crippen LogP contribution in [0.1, 0.15) is 5.56 Å². The van der Waals surface area contributed by atoms with Gasteiger partial charge in [0.1, 0.15) is 24.4 Å². The first-order chi connectivity index (χ1) is 9.29. The van der Waals surface area contributed by atoms with Crippen molar-refractivity contribution in [3.8, 4) is 0 Å². The van der Waals surface area contributed by atoms with Gasteiger partial charge in [0, 0.05) is 7.11 Å². The van der Waals surface area contributed by atoms with Crippen LogP contribution in [0.5, 0.6) is 0 Å². The molecule has 0 radical (unpaired) electrons. The van der Waals surface area contributed by atoms with E-state index in [1.807, 2.05) is 30.3 Å². The molecule has 19 heavy (non-hydrogen) atoms. The minimum absolute atomic E-state index is 0.313. The fourth-order valence-corrected chi connectivity index (χ4v) is 2.57. The molecule has 5 heteroatoms. The molecule has 0 aliphatic carbocycles. The van der Waals surface area contributed by atoms with Crippen LogP contribution < -0.4 is 0 Å². The molecular formula is C14H18O5. The second-order valence-electron chi connectivity index (χ2n) is 4.83. The third-order valence-corrected chi connectivity index (χ3v) is 3.60. The second-order valence-corrected chi connectivity index (χ2v) is 4.83. The number of hydrogen-bond acceptors (Lipinski definition) is 5. The van der Waals surface area contributed by atoms with Crippen molar-refractivity contribution in [2.24, 2.45) is 0 Å². The highest BCUT2D eigenvalue weighted by Crippen LogP contribution is 2.31. The number of ether oxygens (including phenoxy) is 4. The number of aliphatic hydroxyl groups is 1. The van der Waals surface area contributed by atoms with E-state index in [9.17, 15) is 5.11 Å². The first kappa shape index (κ1) is 13.0. The van der Waals surface area contributed by atoms with Gasteiger partial charge in [-0.3, -0.25) is 0 Å². The monoisotopic (exact) mass is 266 g/mol. The zero-order chi connectivity index (χ0) is 13.2. The lowest BCUT2D eigenvalue weighted by molar-refractivity contribution is -0.251. The van der Waals surface area contributed by atoms with Crippen LogP contribution in [-0.2, 0) is 25.6 Å². The molecule has 2 aliphatic heterocycles. The van der Waals surface area contributed by atoms with E-state index < -0.39 is 24.6 Å². The average Bonchev–Trinajstić information content (AvgIpc) is 2.89. The number of methoxy groups -OCH3 is 1. The number of fused-ring (bicyclic) bond motifs is 2. The summed E-state index contributed by atoms with van der Waals surface area (Å²) in [5, 5.41) is 10.1. The van der Waals surface area contributed by atoms with E-state index in [1.54, 1.807) is 7.11 Å². The summed E-state index contributed by atoms with van der Waals surface area (Å²) in [6, 6.07) is 9.85. The zero-order valence-corrected chi connectivity index (χ0v) is 10.8. The summed E-state index contributed by atoms with van der Waals surface area (Å²) in [6.45, 7) is 0.822. The summed E-state index contributed by atoms with van der Waals surface area (Å²) in [6.07, 6.45) is -2.33. The van der Waals surface area contributed by atoms with Crippen molar-refractivity contribution < 1.29 is 24.1 Å². The molecule has 2 unspecified atom stereocenters. The lowest BCUT2D eigenvalue weighted by Crippen LogP contribution is -2.55. The summed E-state index contributed by atoms with van der Waals surface area (Å²) in [5.74, 6) is 0. The Labute approximate surface area is 112 Å². The average molecular weight is 266 g/mol. The maximum atomic E-state index is 10.1. The summed E-state index contributed by atoms with van der Waals surface area (Å²) >= 11 is 0. The first-order valence-corrected chi connectivity index (χ1v) is 6.43. The van der Waals surface area contributed by atoms with Gasteiger partial charge in [0.2, 0.25) is 0 Å². The molecule has 104 valence electrons. The lowest BCUT2D eigenvalue weighted by Gasteiger charge is -2.37. The molecule has 2 saturated heterocycles. The fraction of sp³-hybridized carbons (Fsp3) is 0.571. The van der Waals surface area contributed by atoms with Gasteiger partial charge in [-0.05, 0) is 5.56 Å². The van der Waals surface area contributed by atoms with Crippen molar-refractivity contribution in [1.29, 1.82) is 0 Å². The van der Waals surface area contributed by atoms with E-state index in [2.05, 4.69) is 0 Å². The first-order valence-electron chi connectivity index (χ1n) is 6.43. The van der Waals surface area contributed by atoms with Crippen LogP contribution >= 0.6 is 0 Å². The third-order valence-electron chi connectivity index (χ3n) is 3.60. The predicted octanol–water partition coefficient (Wildman–Crippen LogP) is 0.703. The number of aliphatic hydroxyl groups excluding tert-OH is 1. The van der Waals surface area contributed by atoms with E-state index in [-0.39, 0.29) is 6.10 Å². The molecular weight excluding hydrogens is 248 g/mol. The Morgan fingerprint density at radius 2 is 2.05 bits per heavy atom. The van der Waals surface area contributed by atoms with Gasteiger partial charge < -0.3 is 24.1 Å². The van der Waals surface area contributed by atoms with Crippen molar-refractivity contribution >= 4 is 0 Å². The minimum Gasteiger partial charge on any atom is -0.387 e. The molecule has 1 aromatic rings. The van der Waals surface area contributed by atoms with Gasteiger partial charge in [-0.2, -0.15) is 0 Å². The molecule has 1 aromatic carbocycles. The molecule has 0 amide bonds. The highest BCUT2D eigenvalue weighted by molar-refractivity contribution is 5.13. The molecule has 1 N–H and O–H groups in total. The van der Waals surface area contributed by atoms with Crippen LogP contribution in [-0.4, -0.2) is 49.5 Å². The molecule has 2 heterocycles. The fourth-order valence-electron chi connectivity index (χ4n) is 2.57. The second kappa shape index (κ2) is 5.56. The summed E-state index contributed by atoms with van der Waals surface area (Å²) in [5.41, 5.74) is 1.06. The maximum absolute atomic E-state index is 10.1. The molecule has 0 aromatic heterocycles. The van der Waals surface area contributed by atoms with Crippen molar-refractivity contribution in [1.82, 2.24) is 0 Å². The van der Waals surface area contributed by atoms with Crippen molar-refractivity contribution in [2.45, 2.75) is 37.3 Å². The highest BCUT2D eigenvalue weighted by Gasteiger charge is 2.51. The van der Waals surface area contributed by atoms with Crippen LogP contribution in [0, 0.1) is 0 Å². The normalized spacial score (nSPS) is 37.5. The lowest BCUT2D eigenvalue weighted by atomic mass is 10.0. The van der Waals surface area contributed by atoms with E-state index in [4.69, 9.17) is 18.9 Å². The SMILES string of the molecule is COC1[C@@H](O)C2CO[C@H](O2)[C@H]1OCc1ccccc1. The van der Waals surface area contributed by atoms with Crippen LogP contribution in [0.4, 0.5) is 0 Å². The Kier molecular flexibility index (Phi) is 3.81.